The number of aromatic amines is 1. The Hall–Kier alpha value is -3.46. The van der Waals surface area contributed by atoms with Gasteiger partial charge in [0, 0.05) is 45.6 Å². The highest BCUT2D eigenvalue weighted by atomic mass is 16.5. The van der Waals surface area contributed by atoms with E-state index in [1.165, 1.54) is 27.6 Å². The van der Waals surface area contributed by atoms with E-state index in [-0.39, 0.29) is 17.0 Å². The second-order valence-corrected chi connectivity index (χ2v) is 6.16. The third-order valence-electron chi connectivity index (χ3n) is 4.23. The van der Waals surface area contributed by atoms with Crippen molar-refractivity contribution in [2.24, 2.45) is 7.05 Å². The van der Waals surface area contributed by atoms with Crippen molar-refractivity contribution in [3.63, 3.8) is 0 Å². The van der Waals surface area contributed by atoms with Crippen molar-refractivity contribution >= 4 is 5.91 Å². The SMILES string of the molecule is COCCCNC(=O)c1ccc(-n2[nH]c(-c3cccc(=O)n3C)cc2=O)nc1. The van der Waals surface area contributed by atoms with Crippen molar-refractivity contribution in [2.75, 3.05) is 20.3 Å². The fourth-order valence-electron chi connectivity index (χ4n) is 2.70. The van der Waals surface area contributed by atoms with Crippen molar-refractivity contribution in [1.29, 1.82) is 0 Å². The first-order valence-electron chi connectivity index (χ1n) is 8.73. The molecule has 3 aromatic rings. The fraction of sp³-hybridized carbons (Fsp3) is 0.263. The Morgan fingerprint density at radius 3 is 2.75 bits per heavy atom. The van der Waals surface area contributed by atoms with Crippen LogP contribution in [-0.4, -0.2) is 45.5 Å². The summed E-state index contributed by atoms with van der Waals surface area (Å²) in [4.78, 5) is 40.4. The van der Waals surface area contributed by atoms with Crippen LogP contribution < -0.4 is 16.4 Å². The number of hydrogen-bond acceptors (Lipinski definition) is 5. The van der Waals surface area contributed by atoms with Crippen LogP contribution in [0, 0.1) is 0 Å². The number of pyridine rings is 2. The summed E-state index contributed by atoms with van der Waals surface area (Å²) in [5, 5.41) is 5.72. The van der Waals surface area contributed by atoms with Gasteiger partial charge in [-0.05, 0) is 24.6 Å². The summed E-state index contributed by atoms with van der Waals surface area (Å²) in [5.74, 6) is 0.0991. The van der Waals surface area contributed by atoms with Gasteiger partial charge in [0.15, 0.2) is 5.82 Å². The fourth-order valence-corrected chi connectivity index (χ4v) is 2.70. The molecule has 0 spiro atoms. The molecule has 3 heterocycles. The molecule has 0 atom stereocenters. The number of carbonyl (C=O) groups is 1. The van der Waals surface area contributed by atoms with E-state index in [1.807, 2.05) is 0 Å². The molecule has 0 aliphatic heterocycles. The molecule has 9 nitrogen and oxygen atoms in total. The molecule has 0 bridgehead atoms. The molecule has 0 aliphatic carbocycles. The molecular formula is C19H21N5O4. The van der Waals surface area contributed by atoms with Crippen LogP contribution in [0.25, 0.3) is 17.2 Å². The predicted octanol–water partition coefficient (Wildman–Crippen LogP) is 0.693. The van der Waals surface area contributed by atoms with Crippen LogP contribution >= 0.6 is 0 Å². The number of hydrogen-bond donors (Lipinski definition) is 2. The lowest BCUT2D eigenvalue weighted by molar-refractivity contribution is 0.0948. The van der Waals surface area contributed by atoms with Gasteiger partial charge in [0.1, 0.15) is 0 Å². The molecule has 0 fully saturated rings. The molecule has 3 rings (SSSR count). The van der Waals surface area contributed by atoms with Crippen LogP contribution in [0.15, 0.2) is 52.2 Å². The maximum atomic E-state index is 12.3. The van der Waals surface area contributed by atoms with Gasteiger partial charge in [0.2, 0.25) is 0 Å². The van der Waals surface area contributed by atoms with Gasteiger partial charge in [-0.3, -0.25) is 19.5 Å². The third kappa shape index (κ3) is 4.09. The zero-order valence-corrected chi connectivity index (χ0v) is 15.6. The molecule has 146 valence electrons. The predicted molar refractivity (Wildman–Crippen MR) is 104 cm³/mol. The van der Waals surface area contributed by atoms with Gasteiger partial charge in [-0.2, -0.15) is 0 Å². The van der Waals surface area contributed by atoms with Crippen molar-refractivity contribution in [3.05, 3.63) is 68.9 Å². The molecule has 1 amide bonds. The number of ether oxygens (including phenoxy) is 1. The number of nitrogens with zero attached hydrogens (tertiary/aromatic N) is 3. The quantitative estimate of drug-likeness (QED) is 0.583. The summed E-state index contributed by atoms with van der Waals surface area (Å²) in [6, 6.07) is 9.38. The number of carbonyl (C=O) groups excluding carboxylic acids is 1. The Kier molecular flexibility index (Phi) is 5.85. The molecule has 0 radical (unpaired) electrons. The molecular weight excluding hydrogens is 362 g/mol. The summed E-state index contributed by atoms with van der Waals surface area (Å²) in [7, 11) is 3.24. The number of H-pyrrole nitrogens is 1. The van der Waals surface area contributed by atoms with Crippen LogP contribution in [-0.2, 0) is 11.8 Å². The second-order valence-electron chi connectivity index (χ2n) is 6.16. The maximum absolute atomic E-state index is 12.3. The first kappa shape index (κ1) is 19.3. The topological polar surface area (TPSA) is 111 Å². The monoisotopic (exact) mass is 383 g/mol. The van der Waals surface area contributed by atoms with Gasteiger partial charge in [-0.25, -0.2) is 9.67 Å². The van der Waals surface area contributed by atoms with Crippen molar-refractivity contribution in [1.82, 2.24) is 24.6 Å². The minimum Gasteiger partial charge on any atom is -0.385 e. The van der Waals surface area contributed by atoms with E-state index in [0.717, 1.165) is 6.42 Å². The van der Waals surface area contributed by atoms with E-state index in [2.05, 4.69) is 15.4 Å². The highest BCUT2D eigenvalue weighted by Crippen LogP contribution is 2.13. The maximum Gasteiger partial charge on any atom is 0.273 e. The normalized spacial score (nSPS) is 10.8. The lowest BCUT2D eigenvalue weighted by Crippen LogP contribution is -2.25. The molecule has 2 N–H and O–H groups in total. The molecule has 0 aliphatic rings. The van der Waals surface area contributed by atoms with Gasteiger partial charge in [-0.1, -0.05) is 6.07 Å². The smallest absolute Gasteiger partial charge is 0.273 e. The molecule has 0 aromatic carbocycles. The van der Waals surface area contributed by atoms with Gasteiger partial charge in [-0.15, -0.1) is 0 Å². The van der Waals surface area contributed by atoms with E-state index in [0.29, 0.717) is 35.9 Å². The van der Waals surface area contributed by atoms with Crippen molar-refractivity contribution < 1.29 is 9.53 Å². The Balaban J connectivity index is 1.80. The molecule has 0 saturated carbocycles. The first-order chi connectivity index (χ1) is 13.5. The summed E-state index contributed by atoms with van der Waals surface area (Å²) < 4.78 is 7.64. The summed E-state index contributed by atoms with van der Waals surface area (Å²) in [5.41, 5.74) is 0.967. The van der Waals surface area contributed by atoms with Crippen LogP contribution in [0.4, 0.5) is 0 Å². The summed E-state index contributed by atoms with van der Waals surface area (Å²) in [6.45, 7) is 1.08. The lowest BCUT2D eigenvalue weighted by atomic mass is 10.2. The van der Waals surface area contributed by atoms with Crippen LogP contribution in [0.5, 0.6) is 0 Å². The number of methoxy groups -OCH3 is 1. The third-order valence-corrected chi connectivity index (χ3v) is 4.23. The molecule has 9 heteroatoms. The van der Waals surface area contributed by atoms with Gasteiger partial charge in [0.25, 0.3) is 17.0 Å². The van der Waals surface area contributed by atoms with E-state index in [1.54, 1.807) is 38.4 Å². The lowest BCUT2D eigenvalue weighted by Gasteiger charge is -2.07. The standard InChI is InChI=1S/C19H21N5O4/c1-23-15(5-3-6-17(23)25)14-11-18(26)24(22-14)16-8-7-13(12-21-16)19(27)20-9-4-10-28-2/h3,5-8,11-12,22H,4,9-10H2,1-2H3,(H,20,27). The van der Waals surface area contributed by atoms with E-state index >= 15 is 0 Å². The Morgan fingerprint density at radius 1 is 1.21 bits per heavy atom. The van der Waals surface area contributed by atoms with Gasteiger partial charge >= 0.3 is 0 Å². The zero-order valence-electron chi connectivity index (χ0n) is 15.6. The Morgan fingerprint density at radius 2 is 2.04 bits per heavy atom. The zero-order chi connectivity index (χ0) is 20.1. The summed E-state index contributed by atoms with van der Waals surface area (Å²) >= 11 is 0. The van der Waals surface area contributed by atoms with E-state index in [4.69, 9.17) is 4.74 Å². The highest BCUT2D eigenvalue weighted by molar-refractivity contribution is 5.93. The Bertz CT molecular complexity index is 1080. The molecule has 0 unspecified atom stereocenters. The highest BCUT2D eigenvalue weighted by Gasteiger charge is 2.12. The first-order valence-corrected chi connectivity index (χ1v) is 8.73. The molecule has 3 aromatic heterocycles. The van der Waals surface area contributed by atoms with Gasteiger partial charge in [0.05, 0.1) is 17.0 Å². The average molecular weight is 383 g/mol. The van der Waals surface area contributed by atoms with E-state index in [9.17, 15) is 14.4 Å². The number of aromatic nitrogens is 4. The number of nitrogens with one attached hydrogen (secondary N) is 2. The number of rotatable bonds is 7. The number of amides is 1. The van der Waals surface area contributed by atoms with Crippen molar-refractivity contribution in [3.8, 4) is 17.2 Å². The summed E-state index contributed by atoms with van der Waals surface area (Å²) in [6.07, 6.45) is 2.13. The minimum absolute atomic E-state index is 0.176. The van der Waals surface area contributed by atoms with Crippen LogP contribution in [0.2, 0.25) is 0 Å². The molecule has 28 heavy (non-hydrogen) atoms. The van der Waals surface area contributed by atoms with Crippen LogP contribution in [0.3, 0.4) is 0 Å². The van der Waals surface area contributed by atoms with E-state index < -0.39 is 0 Å². The second kappa shape index (κ2) is 8.49. The average Bonchev–Trinajstić information content (AvgIpc) is 3.08. The largest absolute Gasteiger partial charge is 0.385 e. The minimum atomic E-state index is -0.324. The Labute approximate surface area is 160 Å². The van der Waals surface area contributed by atoms with Crippen molar-refractivity contribution in [2.45, 2.75) is 6.42 Å². The van der Waals surface area contributed by atoms with Crippen LogP contribution in [0.1, 0.15) is 16.8 Å². The van der Waals surface area contributed by atoms with Gasteiger partial charge < -0.3 is 14.6 Å². The molecule has 0 saturated heterocycles.